The van der Waals surface area contributed by atoms with E-state index in [1.165, 1.54) is 0 Å². The number of hydrogen-bond donors (Lipinski definition) is 2. The molecule has 1 fully saturated rings. The average Bonchev–Trinajstić information content (AvgIpc) is 2.29. The number of rotatable bonds is 6. The first-order valence-electron chi connectivity index (χ1n) is 5.57. The van der Waals surface area contributed by atoms with Gasteiger partial charge in [0.2, 0.25) is 10.0 Å². The first-order valence-corrected chi connectivity index (χ1v) is 7.07. The molecule has 1 saturated heterocycles. The minimum Gasteiger partial charge on any atom is -0.395 e. The molecule has 8 heteroatoms. The summed E-state index contributed by atoms with van der Waals surface area (Å²) in [6, 6.07) is 0. The van der Waals surface area contributed by atoms with Gasteiger partial charge in [0, 0.05) is 13.1 Å². The Hall–Kier alpha value is -0.310. The van der Waals surface area contributed by atoms with Crippen LogP contribution in [-0.2, 0) is 10.0 Å². The molecule has 0 amide bonds. The predicted octanol–water partition coefficient (Wildman–Crippen LogP) is -0.372. The van der Waals surface area contributed by atoms with Crippen molar-refractivity contribution in [2.75, 3.05) is 32.8 Å². The summed E-state index contributed by atoms with van der Waals surface area (Å²) in [6.45, 7) is -0.539. The van der Waals surface area contributed by atoms with Crippen LogP contribution in [0, 0.1) is 0 Å². The second kappa shape index (κ2) is 6.58. The third-order valence-electron chi connectivity index (χ3n) is 2.72. The summed E-state index contributed by atoms with van der Waals surface area (Å²) >= 11 is 0. The van der Waals surface area contributed by atoms with Gasteiger partial charge in [-0.15, -0.1) is 0 Å². The lowest BCUT2D eigenvalue weighted by molar-refractivity contribution is 0.112. The fraction of sp³-hybridized carbons (Fsp3) is 1.00. The van der Waals surface area contributed by atoms with Crippen LogP contribution in [0.5, 0.6) is 0 Å². The molecule has 0 aromatic rings. The number of nitrogens with one attached hydrogen (secondary N) is 1. The van der Waals surface area contributed by atoms with Crippen LogP contribution < -0.4 is 5.32 Å². The van der Waals surface area contributed by atoms with Crippen molar-refractivity contribution < 1.29 is 22.3 Å². The fourth-order valence-electron chi connectivity index (χ4n) is 1.87. The lowest BCUT2D eigenvalue weighted by Gasteiger charge is -2.29. The van der Waals surface area contributed by atoms with Crippen molar-refractivity contribution in [2.24, 2.45) is 0 Å². The van der Waals surface area contributed by atoms with E-state index in [1.807, 2.05) is 0 Å². The normalized spacial score (nSPS) is 22.3. The molecule has 1 aliphatic heterocycles. The van der Waals surface area contributed by atoms with Crippen LogP contribution in [0.15, 0.2) is 0 Å². The maximum atomic E-state index is 12.3. The molecule has 0 aromatic carbocycles. The molecular weight excluding hydrogens is 254 g/mol. The van der Waals surface area contributed by atoms with Crippen LogP contribution >= 0.6 is 0 Å². The largest absolute Gasteiger partial charge is 0.395 e. The molecule has 0 saturated carbocycles. The van der Waals surface area contributed by atoms with Crippen molar-refractivity contribution in [3.8, 4) is 0 Å². The number of sulfonamides is 1. The lowest BCUT2D eigenvalue weighted by atomic mass is 10.2. The van der Waals surface area contributed by atoms with Crippen molar-refractivity contribution in [1.29, 1.82) is 0 Å². The number of alkyl halides is 2. The highest BCUT2D eigenvalue weighted by molar-refractivity contribution is 7.89. The molecule has 1 atom stereocenters. The molecule has 102 valence electrons. The monoisotopic (exact) mass is 272 g/mol. The Morgan fingerprint density at radius 1 is 1.47 bits per heavy atom. The molecule has 1 rings (SSSR count). The van der Waals surface area contributed by atoms with Gasteiger partial charge in [-0.2, -0.15) is 4.31 Å². The summed E-state index contributed by atoms with van der Waals surface area (Å²) < 4.78 is 49.4. The molecule has 0 spiro atoms. The summed E-state index contributed by atoms with van der Waals surface area (Å²) in [6.07, 6.45) is -1.54. The number of piperidine rings is 1. The highest BCUT2D eigenvalue weighted by atomic mass is 32.2. The second-order valence-corrected chi connectivity index (χ2v) is 6.20. The highest BCUT2D eigenvalue weighted by Crippen LogP contribution is 2.17. The van der Waals surface area contributed by atoms with Gasteiger partial charge in [-0.3, -0.25) is 0 Å². The Morgan fingerprint density at radius 3 is 2.65 bits per heavy atom. The van der Waals surface area contributed by atoms with Crippen LogP contribution in [0.4, 0.5) is 8.78 Å². The molecule has 2 N–H and O–H groups in total. The van der Waals surface area contributed by atoms with E-state index in [0.29, 0.717) is 17.1 Å². The van der Waals surface area contributed by atoms with Crippen LogP contribution in [-0.4, -0.2) is 62.3 Å². The zero-order valence-electron chi connectivity index (χ0n) is 9.48. The van der Waals surface area contributed by atoms with E-state index in [0.717, 1.165) is 6.54 Å². The standard InChI is InChI=1S/C9H18F2N2O3S/c10-9(11)7-13(4-5-14)17(15,16)8-2-1-3-12-6-8/h8-9,12,14H,1-7H2. The van der Waals surface area contributed by atoms with Crippen molar-refractivity contribution in [1.82, 2.24) is 9.62 Å². The van der Waals surface area contributed by atoms with Gasteiger partial charge < -0.3 is 10.4 Å². The molecule has 5 nitrogen and oxygen atoms in total. The number of halogens is 2. The van der Waals surface area contributed by atoms with E-state index in [2.05, 4.69) is 5.32 Å². The van der Waals surface area contributed by atoms with Gasteiger partial charge in [-0.05, 0) is 19.4 Å². The fourth-order valence-corrected chi connectivity index (χ4v) is 3.74. The first-order chi connectivity index (χ1) is 7.98. The first kappa shape index (κ1) is 14.7. The van der Waals surface area contributed by atoms with Gasteiger partial charge in [0.1, 0.15) is 0 Å². The van der Waals surface area contributed by atoms with Crippen molar-refractivity contribution >= 4 is 10.0 Å². The maximum absolute atomic E-state index is 12.3. The van der Waals surface area contributed by atoms with E-state index < -0.39 is 34.9 Å². The Kier molecular flexibility index (Phi) is 5.71. The summed E-state index contributed by atoms with van der Waals surface area (Å²) in [5.41, 5.74) is 0. The summed E-state index contributed by atoms with van der Waals surface area (Å²) in [5, 5.41) is 11.0. The van der Waals surface area contributed by atoms with E-state index >= 15 is 0 Å². The van der Waals surface area contributed by atoms with Crippen LogP contribution in [0.25, 0.3) is 0 Å². The molecule has 1 heterocycles. The van der Waals surface area contributed by atoms with Gasteiger partial charge in [-0.1, -0.05) is 0 Å². The van der Waals surface area contributed by atoms with Gasteiger partial charge in [0.25, 0.3) is 6.43 Å². The van der Waals surface area contributed by atoms with Crippen molar-refractivity contribution in [2.45, 2.75) is 24.5 Å². The topological polar surface area (TPSA) is 69.6 Å². The third-order valence-corrected chi connectivity index (χ3v) is 5.02. The van der Waals surface area contributed by atoms with Crippen LogP contribution in [0.2, 0.25) is 0 Å². The second-order valence-electron chi connectivity index (χ2n) is 3.99. The molecule has 0 bridgehead atoms. The van der Waals surface area contributed by atoms with Crippen molar-refractivity contribution in [3.05, 3.63) is 0 Å². The predicted molar refractivity (Wildman–Crippen MR) is 59.5 cm³/mol. The quantitative estimate of drug-likeness (QED) is 0.692. The third kappa shape index (κ3) is 4.13. The lowest BCUT2D eigenvalue weighted by Crippen LogP contribution is -2.48. The van der Waals surface area contributed by atoms with E-state index in [4.69, 9.17) is 5.11 Å². The zero-order chi connectivity index (χ0) is 12.9. The molecule has 0 radical (unpaired) electrons. The van der Waals surface area contributed by atoms with Gasteiger partial charge >= 0.3 is 0 Å². The number of nitrogens with zero attached hydrogens (tertiary/aromatic N) is 1. The van der Waals surface area contributed by atoms with E-state index in [9.17, 15) is 17.2 Å². The number of aliphatic hydroxyl groups excluding tert-OH is 1. The van der Waals surface area contributed by atoms with Crippen molar-refractivity contribution in [3.63, 3.8) is 0 Å². The average molecular weight is 272 g/mol. The van der Waals surface area contributed by atoms with Crippen LogP contribution in [0.1, 0.15) is 12.8 Å². The Labute approximate surface area is 99.8 Å². The summed E-state index contributed by atoms with van der Waals surface area (Å²) in [7, 11) is -3.75. The molecule has 1 aliphatic rings. The SMILES string of the molecule is O=S(=O)(C1CCCNC1)N(CCO)CC(F)F. The highest BCUT2D eigenvalue weighted by Gasteiger charge is 2.33. The van der Waals surface area contributed by atoms with E-state index in [-0.39, 0.29) is 13.1 Å². The smallest absolute Gasteiger partial charge is 0.252 e. The molecule has 0 aromatic heterocycles. The van der Waals surface area contributed by atoms with Crippen LogP contribution in [0.3, 0.4) is 0 Å². The number of aliphatic hydroxyl groups is 1. The van der Waals surface area contributed by atoms with Gasteiger partial charge in [0.15, 0.2) is 0 Å². The molecule has 17 heavy (non-hydrogen) atoms. The minimum atomic E-state index is -3.75. The van der Waals surface area contributed by atoms with Gasteiger partial charge in [-0.25, -0.2) is 17.2 Å². The molecular formula is C9H18F2N2O3S. The Bertz CT molecular complexity index is 318. The Morgan fingerprint density at radius 2 is 2.18 bits per heavy atom. The summed E-state index contributed by atoms with van der Waals surface area (Å²) in [5.74, 6) is 0. The van der Waals surface area contributed by atoms with E-state index in [1.54, 1.807) is 0 Å². The molecule has 0 aliphatic carbocycles. The number of hydrogen-bond acceptors (Lipinski definition) is 4. The minimum absolute atomic E-state index is 0.275. The molecule has 1 unspecified atom stereocenters. The zero-order valence-corrected chi connectivity index (χ0v) is 10.3. The van der Waals surface area contributed by atoms with Gasteiger partial charge in [0.05, 0.1) is 18.4 Å². The summed E-state index contributed by atoms with van der Waals surface area (Å²) in [4.78, 5) is 0. The Balaban J connectivity index is 2.74. The maximum Gasteiger partial charge on any atom is 0.252 e.